The number of hydrogen-bond acceptors (Lipinski definition) is 5. The van der Waals surface area contributed by atoms with E-state index in [0.717, 1.165) is 16.8 Å². The van der Waals surface area contributed by atoms with Crippen molar-refractivity contribution in [3.05, 3.63) is 54.6 Å². The van der Waals surface area contributed by atoms with E-state index in [-0.39, 0.29) is 0 Å². The number of aliphatic hydroxyl groups excluding tert-OH is 2. The van der Waals surface area contributed by atoms with Crippen molar-refractivity contribution in [2.75, 3.05) is 38.1 Å². The number of nitrogens with zero attached hydrogens (tertiary/aromatic N) is 2. The number of likely N-dealkylation sites (N-methyl/N-ethyl adjacent to an activating group) is 1. The number of benzene rings is 2. The largest absolute Gasteiger partial charge is 0.380 e. The van der Waals surface area contributed by atoms with Gasteiger partial charge in [0.05, 0.1) is 0 Å². The molecule has 0 saturated carbocycles. The van der Waals surface area contributed by atoms with Crippen LogP contribution in [0.3, 0.4) is 0 Å². The van der Waals surface area contributed by atoms with Gasteiger partial charge in [-0.25, -0.2) is 0 Å². The normalized spacial score (nSPS) is 16.4. The minimum atomic E-state index is -1.77. The highest BCUT2D eigenvalue weighted by Gasteiger charge is 2.34. The monoisotopic (exact) mass is 383 g/mol. The molecule has 28 heavy (non-hydrogen) atoms. The summed E-state index contributed by atoms with van der Waals surface area (Å²) in [4.78, 5) is 27.4. The van der Waals surface area contributed by atoms with Crippen LogP contribution in [0.15, 0.2) is 54.6 Å². The van der Waals surface area contributed by atoms with Crippen molar-refractivity contribution < 1.29 is 19.8 Å². The van der Waals surface area contributed by atoms with Crippen molar-refractivity contribution >= 4 is 17.5 Å². The Labute approximate surface area is 164 Å². The Balaban J connectivity index is 1.63. The van der Waals surface area contributed by atoms with Crippen LogP contribution in [0.5, 0.6) is 0 Å². The summed E-state index contributed by atoms with van der Waals surface area (Å²) in [6, 6.07) is 18.4. The molecule has 0 aliphatic carbocycles. The van der Waals surface area contributed by atoms with Gasteiger partial charge in [-0.2, -0.15) is 0 Å². The SMILES string of the molecule is CNC(=O)C(O)C(O)C(=O)N1CCN(c2cccc(-c3ccccc3)c2)CC1. The molecule has 2 amide bonds. The molecule has 7 heteroatoms. The lowest BCUT2D eigenvalue weighted by molar-refractivity contribution is -0.153. The van der Waals surface area contributed by atoms with Crippen LogP contribution < -0.4 is 10.2 Å². The summed E-state index contributed by atoms with van der Waals surface area (Å²) in [5.74, 6) is -1.41. The Hall–Kier alpha value is -2.90. The van der Waals surface area contributed by atoms with Gasteiger partial charge in [-0.05, 0) is 23.3 Å². The molecule has 148 valence electrons. The van der Waals surface area contributed by atoms with Crippen LogP contribution in [0.4, 0.5) is 5.69 Å². The van der Waals surface area contributed by atoms with Gasteiger partial charge in [0, 0.05) is 38.9 Å². The molecular formula is C21H25N3O4. The summed E-state index contributed by atoms with van der Waals surface area (Å²) < 4.78 is 0. The zero-order valence-corrected chi connectivity index (χ0v) is 15.8. The van der Waals surface area contributed by atoms with Gasteiger partial charge >= 0.3 is 0 Å². The fourth-order valence-corrected chi connectivity index (χ4v) is 3.31. The predicted molar refractivity (Wildman–Crippen MR) is 107 cm³/mol. The van der Waals surface area contributed by atoms with Gasteiger partial charge in [0.15, 0.2) is 12.2 Å². The molecule has 1 aliphatic rings. The Morgan fingerprint density at radius 3 is 2.18 bits per heavy atom. The van der Waals surface area contributed by atoms with Crippen molar-refractivity contribution in [1.82, 2.24) is 10.2 Å². The Kier molecular flexibility index (Phi) is 6.28. The molecule has 0 radical (unpaired) electrons. The van der Waals surface area contributed by atoms with Gasteiger partial charge in [0.1, 0.15) is 0 Å². The number of carbonyl (C=O) groups excluding carboxylic acids is 2. The fraction of sp³-hybridized carbons (Fsp3) is 0.333. The van der Waals surface area contributed by atoms with Gasteiger partial charge in [-0.3, -0.25) is 9.59 Å². The first kappa shape index (κ1) is 19.9. The van der Waals surface area contributed by atoms with Crippen LogP contribution >= 0.6 is 0 Å². The van der Waals surface area contributed by atoms with Gasteiger partial charge in [0.25, 0.3) is 11.8 Å². The van der Waals surface area contributed by atoms with E-state index in [0.29, 0.717) is 26.2 Å². The van der Waals surface area contributed by atoms with Crippen LogP contribution in [-0.2, 0) is 9.59 Å². The standard InChI is InChI=1S/C21H25N3O4/c1-22-20(27)18(25)19(26)21(28)24-12-10-23(11-13-24)17-9-5-8-16(14-17)15-6-3-2-4-7-15/h2-9,14,18-19,25-26H,10-13H2,1H3,(H,22,27). The third kappa shape index (κ3) is 4.32. The number of piperazine rings is 1. The Morgan fingerprint density at radius 2 is 1.54 bits per heavy atom. The molecule has 0 spiro atoms. The second kappa shape index (κ2) is 8.86. The number of nitrogens with one attached hydrogen (secondary N) is 1. The number of aliphatic hydroxyl groups is 2. The van der Waals surface area contributed by atoms with Crippen LogP contribution in [-0.4, -0.2) is 72.4 Å². The quantitative estimate of drug-likeness (QED) is 0.698. The minimum absolute atomic E-state index is 0.409. The van der Waals surface area contributed by atoms with E-state index in [9.17, 15) is 19.8 Å². The number of anilines is 1. The maximum absolute atomic E-state index is 12.4. The topological polar surface area (TPSA) is 93.1 Å². The van der Waals surface area contributed by atoms with E-state index < -0.39 is 24.0 Å². The second-order valence-electron chi connectivity index (χ2n) is 6.73. The van der Waals surface area contributed by atoms with E-state index in [1.807, 2.05) is 30.3 Å². The van der Waals surface area contributed by atoms with Crippen LogP contribution in [0.25, 0.3) is 11.1 Å². The molecule has 2 aromatic rings. The van der Waals surface area contributed by atoms with Crippen molar-refractivity contribution in [2.45, 2.75) is 12.2 Å². The third-order valence-electron chi connectivity index (χ3n) is 4.98. The molecule has 1 fully saturated rings. The smallest absolute Gasteiger partial charge is 0.254 e. The van der Waals surface area contributed by atoms with E-state index in [1.165, 1.54) is 11.9 Å². The van der Waals surface area contributed by atoms with E-state index in [1.54, 1.807) is 0 Å². The Morgan fingerprint density at radius 1 is 0.893 bits per heavy atom. The van der Waals surface area contributed by atoms with Crippen molar-refractivity contribution in [3.63, 3.8) is 0 Å². The summed E-state index contributed by atoms with van der Waals surface area (Å²) in [6.45, 7) is 2.03. The van der Waals surface area contributed by atoms with Gasteiger partial charge < -0.3 is 25.3 Å². The molecule has 0 bridgehead atoms. The minimum Gasteiger partial charge on any atom is -0.380 e. The zero-order valence-electron chi connectivity index (χ0n) is 15.8. The first-order valence-electron chi connectivity index (χ1n) is 9.28. The maximum Gasteiger partial charge on any atom is 0.254 e. The summed E-state index contributed by atoms with van der Waals surface area (Å²) in [7, 11) is 1.34. The summed E-state index contributed by atoms with van der Waals surface area (Å²) in [6.07, 6.45) is -3.52. The number of hydrogen-bond donors (Lipinski definition) is 3. The first-order chi connectivity index (χ1) is 13.5. The first-order valence-corrected chi connectivity index (χ1v) is 9.28. The van der Waals surface area contributed by atoms with Gasteiger partial charge in [0.2, 0.25) is 0 Å². The molecule has 2 atom stereocenters. The molecule has 3 N–H and O–H groups in total. The summed E-state index contributed by atoms with van der Waals surface area (Å²) in [5, 5.41) is 21.9. The van der Waals surface area contributed by atoms with E-state index >= 15 is 0 Å². The lowest BCUT2D eigenvalue weighted by atomic mass is 10.0. The fourth-order valence-electron chi connectivity index (χ4n) is 3.31. The summed E-state index contributed by atoms with van der Waals surface area (Å²) in [5.41, 5.74) is 3.34. The molecule has 1 heterocycles. The summed E-state index contributed by atoms with van der Waals surface area (Å²) >= 11 is 0. The van der Waals surface area contributed by atoms with E-state index in [2.05, 4.69) is 34.5 Å². The van der Waals surface area contributed by atoms with E-state index in [4.69, 9.17) is 0 Å². The molecule has 1 saturated heterocycles. The highest BCUT2D eigenvalue weighted by Crippen LogP contribution is 2.25. The molecule has 7 nitrogen and oxygen atoms in total. The average Bonchev–Trinajstić information content (AvgIpc) is 2.77. The Bertz CT molecular complexity index is 819. The predicted octanol–water partition coefficient (Wildman–Crippen LogP) is 0.470. The molecular weight excluding hydrogens is 358 g/mol. The zero-order chi connectivity index (χ0) is 20.1. The van der Waals surface area contributed by atoms with Gasteiger partial charge in [-0.15, -0.1) is 0 Å². The third-order valence-corrected chi connectivity index (χ3v) is 4.98. The molecule has 0 aromatic heterocycles. The van der Waals surface area contributed by atoms with Crippen LogP contribution in [0.1, 0.15) is 0 Å². The highest BCUT2D eigenvalue weighted by atomic mass is 16.3. The lowest BCUT2D eigenvalue weighted by Gasteiger charge is -2.37. The maximum atomic E-state index is 12.4. The molecule has 3 rings (SSSR count). The van der Waals surface area contributed by atoms with Crippen LogP contribution in [0.2, 0.25) is 0 Å². The molecule has 1 aliphatic heterocycles. The number of rotatable bonds is 5. The second-order valence-corrected chi connectivity index (χ2v) is 6.73. The molecule has 2 aromatic carbocycles. The average molecular weight is 383 g/mol. The number of carbonyl (C=O) groups is 2. The number of amides is 2. The van der Waals surface area contributed by atoms with Crippen molar-refractivity contribution in [3.8, 4) is 11.1 Å². The van der Waals surface area contributed by atoms with Crippen LogP contribution in [0, 0.1) is 0 Å². The molecule has 2 unspecified atom stereocenters. The highest BCUT2D eigenvalue weighted by molar-refractivity contribution is 5.90. The van der Waals surface area contributed by atoms with Gasteiger partial charge in [-0.1, -0.05) is 42.5 Å². The van der Waals surface area contributed by atoms with Crippen molar-refractivity contribution in [2.24, 2.45) is 0 Å². The van der Waals surface area contributed by atoms with Crippen molar-refractivity contribution in [1.29, 1.82) is 0 Å². The lowest BCUT2D eigenvalue weighted by Crippen LogP contribution is -2.55.